The standard InChI is InChI=1S/C19H12ClFN4O3/c1-27-16-10(20)8-7-9(13(16)21)17-24-15(19(26)28-2)14-18(25-17)23-12-6-4-3-5-11(12)22-14/h3-8H,1-2H3. The van der Waals surface area contributed by atoms with Crippen LogP contribution < -0.4 is 4.74 Å². The first-order valence-electron chi connectivity index (χ1n) is 8.08. The number of aromatic nitrogens is 4. The van der Waals surface area contributed by atoms with E-state index in [0.717, 1.165) is 0 Å². The minimum atomic E-state index is -0.751. The second-order valence-electron chi connectivity index (χ2n) is 5.71. The van der Waals surface area contributed by atoms with Gasteiger partial charge in [0, 0.05) is 0 Å². The first-order valence-corrected chi connectivity index (χ1v) is 8.46. The highest BCUT2D eigenvalue weighted by molar-refractivity contribution is 6.32. The Balaban J connectivity index is 2.05. The highest BCUT2D eigenvalue weighted by Gasteiger charge is 2.22. The van der Waals surface area contributed by atoms with Gasteiger partial charge in [0.2, 0.25) is 0 Å². The summed E-state index contributed by atoms with van der Waals surface area (Å²) in [6.45, 7) is 0. The summed E-state index contributed by atoms with van der Waals surface area (Å²) in [4.78, 5) is 29.6. The molecule has 4 aromatic rings. The molecule has 0 bridgehead atoms. The number of hydrogen-bond donors (Lipinski definition) is 0. The largest absolute Gasteiger partial charge is 0.492 e. The van der Waals surface area contributed by atoms with E-state index in [0.29, 0.717) is 11.0 Å². The quantitative estimate of drug-likeness (QED) is 0.383. The number of halogens is 2. The molecular weight excluding hydrogens is 387 g/mol. The summed E-state index contributed by atoms with van der Waals surface area (Å²) in [5.41, 5.74) is 1.32. The van der Waals surface area contributed by atoms with Crippen LogP contribution in [0.4, 0.5) is 4.39 Å². The molecule has 7 nitrogen and oxygen atoms in total. The zero-order chi connectivity index (χ0) is 19.8. The van der Waals surface area contributed by atoms with E-state index < -0.39 is 11.8 Å². The number of carbonyl (C=O) groups excluding carboxylic acids is 1. The van der Waals surface area contributed by atoms with Crippen molar-refractivity contribution in [2.24, 2.45) is 0 Å². The highest BCUT2D eigenvalue weighted by atomic mass is 35.5. The summed E-state index contributed by atoms with van der Waals surface area (Å²) in [5.74, 6) is -1.70. The predicted octanol–water partition coefficient (Wildman–Crippen LogP) is 3.83. The van der Waals surface area contributed by atoms with Crippen molar-refractivity contribution < 1.29 is 18.7 Å². The van der Waals surface area contributed by atoms with Gasteiger partial charge in [-0.2, -0.15) is 0 Å². The van der Waals surface area contributed by atoms with Crippen molar-refractivity contribution in [1.82, 2.24) is 19.9 Å². The molecule has 2 aromatic carbocycles. The maximum atomic E-state index is 14.8. The fraction of sp³-hybridized carbons (Fsp3) is 0.105. The summed E-state index contributed by atoms with van der Waals surface area (Å²) in [6, 6.07) is 9.96. The first kappa shape index (κ1) is 18.0. The molecule has 0 aliphatic carbocycles. The van der Waals surface area contributed by atoms with Crippen molar-refractivity contribution in [2.45, 2.75) is 0 Å². The number of benzene rings is 2. The van der Waals surface area contributed by atoms with E-state index in [9.17, 15) is 9.18 Å². The third kappa shape index (κ3) is 2.87. The van der Waals surface area contributed by atoms with Gasteiger partial charge in [-0.15, -0.1) is 0 Å². The molecule has 28 heavy (non-hydrogen) atoms. The van der Waals surface area contributed by atoms with Gasteiger partial charge in [-0.05, 0) is 24.3 Å². The molecular formula is C19H12ClFN4O3. The van der Waals surface area contributed by atoms with Gasteiger partial charge in [0.05, 0.1) is 35.8 Å². The Morgan fingerprint density at radius 3 is 2.39 bits per heavy atom. The Bertz CT molecular complexity index is 1250. The monoisotopic (exact) mass is 398 g/mol. The lowest BCUT2D eigenvalue weighted by Gasteiger charge is -2.10. The zero-order valence-corrected chi connectivity index (χ0v) is 15.5. The lowest BCUT2D eigenvalue weighted by atomic mass is 10.1. The molecule has 4 rings (SSSR count). The van der Waals surface area contributed by atoms with Crippen LogP contribution in [0.2, 0.25) is 5.02 Å². The summed E-state index contributed by atoms with van der Waals surface area (Å²) in [6.07, 6.45) is 0. The van der Waals surface area contributed by atoms with Gasteiger partial charge in [0.15, 0.2) is 28.7 Å². The molecule has 0 radical (unpaired) electrons. The fourth-order valence-electron chi connectivity index (χ4n) is 2.76. The lowest BCUT2D eigenvalue weighted by Crippen LogP contribution is -2.10. The number of rotatable bonds is 3. The normalized spacial score (nSPS) is 11.0. The van der Waals surface area contributed by atoms with Crippen LogP contribution in [0.5, 0.6) is 5.75 Å². The Kier molecular flexibility index (Phi) is 4.48. The van der Waals surface area contributed by atoms with Crippen molar-refractivity contribution in [1.29, 1.82) is 0 Å². The maximum Gasteiger partial charge on any atom is 0.359 e. The number of hydrogen-bond acceptors (Lipinski definition) is 7. The van der Waals surface area contributed by atoms with E-state index in [4.69, 9.17) is 21.1 Å². The van der Waals surface area contributed by atoms with Crippen molar-refractivity contribution >= 4 is 39.8 Å². The average molecular weight is 399 g/mol. The Morgan fingerprint density at radius 2 is 1.71 bits per heavy atom. The van der Waals surface area contributed by atoms with E-state index in [1.54, 1.807) is 24.3 Å². The number of fused-ring (bicyclic) bond motifs is 2. The smallest absolute Gasteiger partial charge is 0.359 e. The Morgan fingerprint density at radius 1 is 1.00 bits per heavy atom. The third-order valence-electron chi connectivity index (χ3n) is 4.08. The molecule has 0 N–H and O–H groups in total. The second kappa shape index (κ2) is 6.97. The number of methoxy groups -OCH3 is 2. The van der Waals surface area contributed by atoms with Gasteiger partial charge in [0.25, 0.3) is 0 Å². The van der Waals surface area contributed by atoms with Crippen molar-refractivity contribution in [3.63, 3.8) is 0 Å². The van der Waals surface area contributed by atoms with Crippen LogP contribution in [0, 0.1) is 5.82 Å². The zero-order valence-electron chi connectivity index (χ0n) is 14.7. The van der Waals surface area contributed by atoms with E-state index >= 15 is 0 Å². The van der Waals surface area contributed by atoms with Gasteiger partial charge in [0.1, 0.15) is 5.52 Å². The summed E-state index contributed by atoms with van der Waals surface area (Å²) in [5, 5.41) is 0.100. The Labute approximate surface area is 163 Å². The van der Waals surface area contributed by atoms with Gasteiger partial charge >= 0.3 is 5.97 Å². The van der Waals surface area contributed by atoms with Crippen LogP contribution >= 0.6 is 11.6 Å². The highest BCUT2D eigenvalue weighted by Crippen LogP contribution is 2.34. The minimum Gasteiger partial charge on any atom is -0.492 e. The molecule has 0 saturated carbocycles. The molecule has 0 saturated heterocycles. The van der Waals surface area contributed by atoms with Crippen LogP contribution in [-0.2, 0) is 4.74 Å². The van der Waals surface area contributed by atoms with Crippen LogP contribution in [0.1, 0.15) is 10.5 Å². The van der Waals surface area contributed by atoms with Gasteiger partial charge in [-0.25, -0.2) is 29.1 Å². The van der Waals surface area contributed by atoms with Crippen LogP contribution in [-0.4, -0.2) is 40.1 Å². The lowest BCUT2D eigenvalue weighted by molar-refractivity contribution is 0.0596. The molecule has 2 heterocycles. The van der Waals surface area contributed by atoms with Gasteiger partial charge < -0.3 is 9.47 Å². The fourth-order valence-corrected chi connectivity index (χ4v) is 2.99. The molecule has 0 aliphatic rings. The molecule has 140 valence electrons. The average Bonchev–Trinajstić information content (AvgIpc) is 2.71. The number of nitrogens with zero attached hydrogens (tertiary/aromatic N) is 4. The topological polar surface area (TPSA) is 87.1 Å². The van der Waals surface area contributed by atoms with Gasteiger partial charge in [-0.3, -0.25) is 0 Å². The number of ether oxygens (including phenoxy) is 2. The van der Waals surface area contributed by atoms with E-state index in [1.165, 1.54) is 26.4 Å². The van der Waals surface area contributed by atoms with Crippen molar-refractivity contribution in [3.05, 3.63) is 52.9 Å². The SMILES string of the molecule is COC(=O)c1nc(-c2ccc(Cl)c(OC)c2F)nc2nc3ccccc3nc12. The van der Waals surface area contributed by atoms with E-state index in [2.05, 4.69) is 19.9 Å². The molecule has 0 atom stereocenters. The minimum absolute atomic E-state index is 0.00302. The third-order valence-corrected chi connectivity index (χ3v) is 4.38. The molecule has 0 aliphatic heterocycles. The van der Waals surface area contributed by atoms with Crippen LogP contribution in [0.3, 0.4) is 0 Å². The van der Waals surface area contributed by atoms with E-state index in [1.807, 2.05) is 0 Å². The summed E-state index contributed by atoms with van der Waals surface area (Å²) >= 11 is 5.95. The van der Waals surface area contributed by atoms with Gasteiger partial charge in [-0.1, -0.05) is 23.7 Å². The van der Waals surface area contributed by atoms with E-state index in [-0.39, 0.29) is 39.0 Å². The molecule has 0 fully saturated rings. The number of para-hydroxylation sites is 2. The van der Waals surface area contributed by atoms with Crippen LogP contribution in [0.15, 0.2) is 36.4 Å². The molecule has 9 heteroatoms. The van der Waals surface area contributed by atoms with Crippen molar-refractivity contribution in [2.75, 3.05) is 14.2 Å². The van der Waals surface area contributed by atoms with Crippen LogP contribution in [0.25, 0.3) is 33.6 Å². The first-order chi connectivity index (χ1) is 13.5. The molecule has 0 unspecified atom stereocenters. The second-order valence-corrected chi connectivity index (χ2v) is 6.12. The summed E-state index contributed by atoms with van der Waals surface area (Å²) < 4.78 is 24.7. The predicted molar refractivity (Wildman–Crippen MR) is 101 cm³/mol. The molecule has 0 spiro atoms. The summed E-state index contributed by atoms with van der Waals surface area (Å²) in [7, 11) is 2.52. The Hall–Kier alpha value is -3.39. The number of esters is 1. The van der Waals surface area contributed by atoms with Crippen molar-refractivity contribution in [3.8, 4) is 17.1 Å². The maximum absolute atomic E-state index is 14.8. The molecule has 0 amide bonds. The molecule has 2 aromatic heterocycles. The number of carbonyl (C=O) groups is 1.